The van der Waals surface area contributed by atoms with Crippen LogP contribution in [0.3, 0.4) is 0 Å². The van der Waals surface area contributed by atoms with Crippen molar-refractivity contribution in [1.29, 1.82) is 0 Å². The molecule has 0 unspecified atom stereocenters. The Bertz CT molecular complexity index is 707. The Kier molecular flexibility index (Phi) is 5.94. The zero-order chi connectivity index (χ0) is 17.9. The molecular weight excluding hydrogens is 321 g/mol. The highest BCUT2D eigenvalue weighted by Crippen LogP contribution is 2.28. The lowest BCUT2D eigenvalue weighted by Crippen LogP contribution is -2.36. The number of hydrogen-bond acceptors (Lipinski definition) is 1. The summed E-state index contributed by atoms with van der Waals surface area (Å²) in [5.41, 5.74) is 2.44. The molecule has 0 saturated carbocycles. The molecule has 0 saturated heterocycles. The Morgan fingerprint density at radius 2 is 1.62 bits per heavy atom. The van der Waals surface area contributed by atoms with E-state index >= 15 is 0 Å². The van der Waals surface area contributed by atoms with Gasteiger partial charge in [0.25, 0.3) is 0 Å². The van der Waals surface area contributed by atoms with E-state index in [-0.39, 0.29) is 17.8 Å². The largest absolute Gasteiger partial charge is 0.242 e. The molecule has 0 aliphatic rings. The summed E-state index contributed by atoms with van der Waals surface area (Å²) in [6.07, 6.45) is 0. The van der Waals surface area contributed by atoms with Crippen LogP contribution >= 0.6 is 0 Å². The minimum atomic E-state index is -1.26. The minimum Gasteiger partial charge on any atom is -0.242 e. The zero-order valence-corrected chi connectivity index (χ0v) is 15.8. The van der Waals surface area contributed by atoms with Crippen LogP contribution < -0.4 is 4.72 Å². The lowest BCUT2D eigenvalue weighted by molar-refractivity contribution is 0.590. The molecule has 0 spiro atoms. The van der Waals surface area contributed by atoms with E-state index in [0.717, 1.165) is 11.1 Å². The van der Waals surface area contributed by atoms with Gasteiger partial charge in [-0.2, -0.15) is 0 Å². The van der Waals surface area contributed by atoms with Gasteiger partial charge in [-0.15, -0.1) is 0 Å². The molecule has 1 N–H and O–H groups in total. The smallest absolute Gasteiger partial charge is 0.127 e. The first kappa shape index (κ1) is 18.8. The van der Waals surface area contributed by atoms with E-state index in [1.165, 1.54) is 0 Å². The van der Waals surface area contributed by atoms with Gasteiger partial charge >= 0.3 is 0 Å². The van der Waals surface area contributed by atoms with Crippen molar-refractivity contribution in [3.05, 3.63) is 71.0 Å². The maximum atomic E-state index is 14.4. The van der Waals surface area contributed by atoms with Gasteiger partial charge in [0.2, 0.25) is 0 Å². The number of hydrogen-bond donors (Lipinski definition) is 1. The summed E-state index contributed by atoms with van der Waals surface area (Å²) in [4.78, 5) is 0. The third-order valence-electron chi connectivity index (χ3n) is 3.89. The summed E-state index contributed by atoms with van der Waals surface area (Å²) in [7, 11) is -1.26. The Morgan fingerprint density at radius 3 is 2.12 bits per heavy atom. The molecule has 0 aliphatic carbocycles. The van der Waals surface area contributed by atoms with Crippen LogP contribution in [0.1, 0.15) is 63.3 Å². The molecule has 0 fully saturated rings. The Balaban J connectivity index is 2.43. The molecule has 0 aromatic heterocycles. The summed E-state index contributed by atoms with van der Waals surface area (Å²) in [6, 6.07) is 14.7. The number of nitrogens with one attached hydrogen (secondary N) is 1. The molecule has 2 atom stereocenters. The summed E-state index contributed by atoms with van der Waals surface area (Å²) in [5.74, 6) is -0.0855. The molecule has 130 valence electrons. The van der Waals surface area contributed by atoms with Crippen molar-refractivity contribution in [3.8, 4) is 0 Å². The molecule has 2 rings (SSSR count). The van der Waals surface area contributed by atoms with Gasteiger partial charge in [-0.3, -0.25) is 0 Å². The van der Waals surface area contributed by atoms with E-state index in [4.69, 9.17) is 0 Å². The van der Waals surface area contributed by atoms with Gasteiger partial charge < -0.3 is 0 Å². The number of halogens is 1. The Labute approximate surface area is 147 Å². The lowest BCUT2D eigenvalue weighted by Gasteiger charge is -2.25. The highest BCUT2D eigenvalue weighted by atomic mass is 32.2. The van der Waals surface area contributed by atoms with Gasteiger partial charge in [0, 0.05) is 0 Å². The van der Waals surface area contributed by atoms with Crippen LogP contribution in [0.2, 0.25) is 0 Å². The fraction of sp³-hybridized carbons (Fsp3) is 0.400. The second-order valence-corrected chi connectivity index (χ2v) is 9.28. The fourth-order valence-corrected chi connectivity index (χ4v) is 3.29. The van der Waals surface area contributed by atoms with E-state index in [1.807, 2.05) is 77.1 Å². The van der Waals surface area contributed by atoms with Crippen molar-refractivity contribution in [2.45, 2.75) is 51.3 Å². The SMILES string of the molecule is CC(C)c1ccc([C@@H](N[S@](=O)C(C)(C)C)c2ccccc2)cc1F. The van der Waals surface area contributed by atoms with Gasteiger partial charge in [0.1, 0.15) is 5.82 Å². The van der Waals surface area contributed by atoms with Crippen LogP contribution in [0.5, 0.6) is 0 Å². The molecule has 4 heteroatoms. The monoisotopic (exact) mass is 347 g/mol. The van der Waals surface area contributed by atoms with Crippen molar-refractivity contribution in [2.24, 2.45) is 0 Å². The molecular formula is C20H26FNOS. The van der Waals surface area contributed by atoms with Crippen LogP contribution in [0, 0.1) is 5.82 Å². The van der Waals surface area contributed by atoms with Crippen LogP contribution in [0.4, 0.5) is 4.39 Å². The maximum Gasteiger partial charge on any atom is 0.127 e. The topological polar surface area (TPSA) is 29.1 Å². The molecule has 0 amide bonds. The summed E-state index contributed by atoms with van der Waals surface area (Å²) in [5, 5.41) is 0. The zero-order valence-electron chi connectivity index (χ0n) is 15.0. The van der Waals surface area contributed by atoms with Gasteiger partial charge in [0.15, 0.2) is 0 Å². The van der Waals surface area contributed by atoms with Crippen LogP contribution in [-0.2, 0) is 11.0 Å². The second-order valence-electron chi connectivity index (χ2n) is 7.28. The van der Waals surface area contributed by atoms with E-state index in [9.17, 15) is 8.60 Å². The third kappa shape index (κ3) is 4.52. The first-order chi connectivity index (χ1) is 11.2. The summed E-state index contributed by atoms with van der Waals surface area (Å²) < 4.78 is 29.8. The molecule has 0 heterocycles. The Hall–Kier alpha value is -1.52. The molecule has 2 nitrogen and oxygen atoms in total. The van der Waals surface area contributed by atoms with Gasteiger partial charge in [-0.05, 0) is 49.4 Å². The van der Waals surface area contributed by atoms with Gasteiger partial charge in [-0.25, -0.2) is 13.3 Å². The Morgan fingerprint density at radius 1 is 1.00 bits per heavy atom. The number of rotatable bonds is 5. The predicted molar refractivity (Wildman–Crippen MR) is 99.8 cm³/mol. The van der Waals surface area contributed by atoms with Gasteiger partial charge in [0.05, 0.1) is 21.8 Å². The van der Waals surface area contributed by atoms with E-state index < -0.39 is 15.7 Å². The van der Waals surface area contributed by atoms with Crippen LogP contribution in [0.15, 0.2) is 48.5 Å². The quantitative estimate of drug-likeness (QED) is 0.802. The van der Waals surface area contributed by atoms with Crippen LogP contribution in [-0.4, -0.2) is 8.96 Å². The summed E-state index contributed by atoms with van der Waals surface area (Å²) >= 11 is 0. The van der Waals surface area contributed by atoms with E-state index in [1.54, 1.807) is 6.07 Å². The molecule has 2 aromatic rings. The van der Waals surface area contributed by atoms with Crippen molar-refractivity contribution >= 4 is 11.0 Å². The molecule has 0 radical (unpaired) electrons. The average Bonchev–Trinajstić information content (AvgIpc) is 2.51. The predicted octanol–water partition coefficient (Wildman–Crippen LogP) is 5.09. The van der Waals surface area contributed by atoms with Crippen molar-refractivity contribution in [3.63, 3.8) is 0 Å². The minimum absolute atomic E-state index is 0.130. The molecule has 24 heavy (non-hydrogen) atoms. The van der Waals surface area contributed by atoms with Crippen LogP contribution in [0.25, 0.3) is 0 Å². The van der Waals surface area contributed by atoms with E-state index in [0.29, 0.717) is 5.56 Å². The molecule has 2 aromatic carbocycles. The van der Waals surface area contributed by atoms with Crippen molar-refractivity contribution in [2.75, 3.05) is 0 Å². The first-order valence-electron chi connectivity index (χ1n) is 8.22. The molecule has 0 aliphatic heterocycles. The highest BCUT2D eigenvalue weighted by molar-refractivity contribution is 7.84. The first-order valence-corrected chi connectivity index (χ1v) is 9.37. The average molecular weight is 347 g/mol. The normalized spacial score (nSPS) is 14.6. The van der Waals surface area contributed by atoms with Crippen molar-refractivity contribution in [1.82, 2.24) is 4.72 Å². The summed E-state index contributed by atoms with van der Waals surface area (Å²) in [6.45, 7) is 9.70. The van der Waals surface area contributed by atoms with E-state index in [2.05, 4.69) is 4.72 Å². The lowest BCUT2D eigenvalue weighted by atomic mass is 9.95. The van der Waals surface area contributed by atoms with Crippen molar-refractivity contribution < 1.29 is 8.60 Å². The highest BCUT2D eigenvalue weighted by Gasteiger charge is 2.25. The molecule has 0 bridgehead atoms. The second kappa shape index (κ2) is 7.58. The fourth-order valence-electron chi connectivity index (χ4n) is 2.45. The third-order valence-corrected chi connectivity index (χ3v) is 5.46. The standard InChI is InChI=1S/C20H26FNOS/c1-14(2)17-12-11-16(13-18(17)21)19(15-9-7-6-8-10-15)22-24(23)20(3,4)5/h6-14,19,22H,1-5H3/t19-,24+/m0/s1. The van der Waals surface area contributed by atoms with Gasteiger partial charge in [-0.1, -0.05) is 56.3 Å². The maximum absolute atomic E-state index is 14.4. The number of benzene rings is 2.